The fourth-order valence-electron chi connectivity index (χ4n) is 1.44. The molecule has 0 saturated heterocycles. The number of carbonyl (C=O) groups is 1. The summed E-state index contributed by atoms with van der Waals surface area (Å²) in [7, 11) is 0. The van der Waals surface area contributed by atoms with Gasteiger partial charge in [-0.05, 0) is 19.9 Å². The minimum absolute atomic E-state index is 0.0664. The van der Waals surface area contributed by atoms with E-state index >= 15 is 0 Å². The monoisotopic (exact) mass is 212 g/mol. The van der Waals surface area contributed by atoms with E-state index in [1.54, 1.807) is 25.3 Å². The number of carbonyl (C=O) groups excluding carboxylic acids is 1. The molecule has 0 bridgehead atoms. The molecule has 0 aliphatic heterocycles. The molecule has 0 spiro atoms. The largest absolute Gasteiger partial charge is 0.295 e. The molecule has 1 heterocycles. The van der Waals surface area contributed by atoms with E-state index in [2.05, 4.69) is 9.97 Å². The van der Waals surface area contributed by atoms with Gasteiger partial charge in [-0.1, -0.05) is 24.3 Å². The Morgan fingerprint density at radius 1 is 1.12 bits per heavy atom. The van der Waals surface area contributed by atoms with Crippen molar-refractivity contribution in [3.63, 3.8) is 0 Å². The topological polar surface area (TPSA) is 42.9 Å². The smallest absolute Gasteiger partial charge is 0.159 e. The van der Waals surface area contributed by atoms with Crippen molar-refractivity contribution >= 4 is 5.78 Å². The summed E-state index contributed by atoms with van der Waals surface area (Å²) in [6, 6.07) is 9.18. The number of nitrogens with zero attached hydrogens (tertiary/aromatic N) is 2. The third-order valence-corrected chi connectivity index (χ3v) is 2.34. The van der Waals surface area contributed by atoms with Gasteiger partial charge >= 0.3 is 0 Å². The molecule has 0 amide bonds. The lowest BCUT2D eigenvalue weighted by atomic mass is 10.1. The molecule has 2 aromatic rings. The van der Waals surface area contributed by atoms with E-state index in [4.69, 9.17) is 0 Å². The van der Waals surface area contributed by atoms with E-state index in [0.29, 0.717) is 11.4 Å². The Labute approximate surface area is 94.2 Å². The van der Waals surface area contributed by atoms with Crippen molar-refractivity contribution in [1.82, 2.24) is 9.97 Å². The molecule has 1 aromatic heterocycles. The van der Waals surface area contributed by atoms with Crippen LogP contribution in [0, 0.1) is 6.92 Å². The van der Waals surface area contributed by atoms with Crippen LogP contribution in [0.4, 0.5) is 0 Å². The zero-order valence-electron chi connectivity index (χ0n) is 9.27. The Balaban J connectivity index is 2.38. The van der Waals surface area contributed by atoms with Gasteiger partial charge in [0.1, 0.15) is 0 Å². The van der Waals surface area contributed by atoms with Crippen LogP contribution in [0.5, 0.6) is 0 Å². The molecule has 0 saturated carbocycles. The average Bonchev–Trinajstić information content (AvgIpc) is 2.29. The van der Waals surface area contributed by atoms with Gasteiger partial charge in [0.2, 0.25) is 0 Å². The normalized spacial score (nSPS) is 10.1. The van der Waals surface area contributed by atoms with E-state index in [1.165, 1.54) is 0 Å². The summed E-state index contributed by atoms with van der Waals surface area (Å²) in [6.45, 7) is 3.48. The van der Waals surface area contributed by atoms with Crippen LogP contribution in [0.15, 0.2) is 36.5 Å². The third kappa shape index (κ3) is 2.14. The van der Waals surface area contributed by atoms with Crippen molar-refractivity contribution in [2.24, 2.45) is 0 Å². The molecule has 0 unspecified atom stereocenters. The first-order valence-corrected chi connectivity index (χ1v) is 5.08. The van der Waals surface area contributed by atoms with Gasteiger partial charge in [-0.2, -0.15) is 0 Å². The molecule has 1 aromatic carbocycles. The van der Waals surface area contributed by atoms with Crippen LogP contribution in [0.25, 0.3) is 11.4 Å². The van der Waals surface area contributed by atoms with Gasteiger partial charge in [0, 0.05) is 23.0 Å². The average molecular weight is 212 g/mol. The van der Waals surface area contributed by atoms with Gasteiger partial charge < -0.3 is 0 Å². The van der Waals surface area contributed by atoms with Crippen LogP contribution in [0.2, 0.25) is 0 Å². The molecule has 2 rings (SSSR count). The van der Waals surface area contributed by atoms with Gasteiger partial charge in [0.25, 0.3) is 0 Å². The van der Waals surface area contributed by atoms with E-state index in [0.717, 1.165) is 11.3 Å². The van der Waals surface area contributed by atoms with Crippen molar-refractivity contribution < 1.29 is 4.79 Å². The predicted octanol–water partition coefficient (Wildman–Crippen LogP) is 2.65. The van der Waals surface area contributed by atoms with E-state index < -0.39 is 0 Å². The summed E-state index contributed by atoms with van der Waals surface area (Å²) in [5, 5.41) is 0. The number of hydrogen-bond acceptors (Lipinski definition) is 3. The molecule has 0 fully saturated rings. The Bertz CT molecular complexity index is 518. The zero-order chi connectivity index (χ0) is 11.5. The van der Waals surface area contributed by atoms with E-state index in [9.17, 15) is 4.79 Å². The van der Waals surface area contributed by atoms with Crippen molar-refractivity contribution in [1.29, 1.82) is 0 Å². The molecule has 0 N–H and O–H groups in total. The lowest BCUT2D eigenvalue weighted by molar-refractivity contribution is 0.101. The maximum atomic E-state index is 11.1. The third-order valence-electron chi connectivity index (χ3n) is 2.34. The number of aryl methyl sites for hydroxylation is 1. The molecule has 3 heteroatoms. The number of ketones is 1. The van der Waals surface area contributed by atoms with Crippen molar-refractivity contribution in [2.45, 2.75) is 13.8 Å². The second-order valence-electron chi connectivity index (χ2n) is 3.66. The summed E-state index contributed by atoms with van der Waals surface area (Å²) in [6.07, 6.45) is 1.73. The minimum atomic E-state index is 0.0664. The number of hydrogen-bond donors (Lipinski definition) is 0. The fraction of sp³-hybridized carbons (Fsp3) is 0.154. The maximum absolute atomic E-state index is 11.1. The summed E-state index contributed by atoms with van der Waals surface area (Å²) >= 11 is 0. The van der Waals surface area contributed by atoms with Crippen LogP contribution in [-0.2, 0) is 0 Å². The van der Waals surface area contributed by atoms with Crippen LogP contribution >= 0.6 is 0 Å². The standard InChI is InChI=1S/C13H12N2O/c1-9-7-8-14-13(15-9)12-5-3-11(4-6-12)10(2)16/h3-8H,1-2H3. The second-order valence-corrected chi connectivity index (χ2v) is 3.66. The highest BCUT2D eigenvalue weighted by molar-refractivity contribution is 5.94. The van der Waals surface area contributed by atoms with Crippen LogP contribution in [0.3, 0.4) is 0 Å². The molecule has 16 heavy (non-hydrogen) atoms. The molecule has 3 nitrogen and oxygen atoms in total. The molecular formula is C13H12N2O. The van der Waals surface area contributed by atoms with Crippen molar-refractivity contribution in [3.8, 4) is 11.4 Å². The van der Waals surface area contributed by atoms with Gasteiger partial charge in [-0.15, -0.1) is 0 Å². The molecule has 0 radical (unpaired) electrons. The maximum Gasteiger partial charge on any atom is 0.159 e. The summed E-state index contributed by atoms with van der Waals surface area (Å²) < 4.78 is 0. The van der Waals surface area contributed by atoms with Gasteiger partial charge in [0.15, 0.2) is 11.6 Å². The Morgan fingerprint density at radius 3 is 2.38 bits per heavy atom. The Kier molecular flexibility index (Phi) is 2.77. The molecular weight excluding hydrogens is 200 g/mol. The molecule has 0 atom stereocenters. The minimum Gasteiger partial charge on any atom is -0.295 e. The van der Waals surface area contributed by atoms with Gasteiger partial charge in [0.05, 0.1) is 0 Å². The van der Waals surface area contributed by atoms with Crippen LogP contribution in [0.1, 0.15) is 23.0 Å². The lowest BCUT2D eigenvalue weighted by Gasteiger charge is -2.01. The van der Waals surface area contributed by atoms with Crippen LogP contribution < -0.4 is 0 Å². The zero-order valence-corrected chi connectivity index (χ0v) is 9.27. The predicted molar refractivity (Wildman–Crippen MR) is 62.2 cm³/mol. The SMILES string of the molecule is CC(=O)c1ccc(-c2nccc(C)n2)cc1. The molecule has 80 valence electrons. The Morgan fingerprint density at radius 2 is 1.81 bits per heavy atom. The summed E-state index contributed by atoms with van der Waals surface area (Å²) in [5.74, 6) is 0.756. The fourth-order valence-corrected chi connectivity index (χ4v) is 1.44. The number of Topliss-reactive ketones (excluding diaryl/α,β-unsaturated/α-hetero) is 1. The first-order chi connectivity index (χ1) is 7.66. The van der Waals surface area contributed by atoms with Gasteiger partial charge in [-0.25, -0.2) is 9.97 Å². The lowest BCUT2D eigenvalue weighted by Crippen LogP contribution is -1.93. The first-order valence-electron chi connectivity index (χ1n) is 5.08. The van der Waals surface area contributed by atoms with Gasteiger partial charge in [-0.3, -0.25) is 4.79 Å². The first kappa shape index (κ1) is 10.5. The molecule has 0 aliphatic carbocycles. The van der Waals surface area contributed by atoms with Crippen molar-refractivity contribution in [3.05, 3.63) is 47.8 Å². The highest BCUT2D eigenvalue weighted by Gasteiger charge is 2.03. The summed E-state index contributed by atoms with van der Waals surface area (Å²) in [4.78, 5) is 19.6. The van der Waals surface area contributed by atoms with Crippen LogP contribution in [-0.4, -0.2) is 15.8 Å². The second kappa shape index (κ2) is 4.23. The van der Waals surface area contributed by atoms with Crippen molar-refractivity contribution in [2.75, 3.05) is 0 Å². The quantitative estimate of drug-likeness (QED) is 0.719. The highest BCUT2D eigenvalue weighted by Crippen LogP contribution is 2.15. The number of benzene rings is 1. The van der Waals surface area contributed by atoms with E-state index in [1.807, 2.05) is 25.1 Å². The number of aromatic nitrogens is 2. The number of rotatable bonds is 2. The highest BCUT2D eigenvalue weighted by atomic mass is 16.1. The molecule has 0 aliphatic rings. The summed E-state index contributed by atoms with van der Waals surface area (Å²) in [5.41, 5.74) is 2.56. The van der Waals surface area contributed by atoms with E-state index in [-0.39, 0.29) is 5.78 Å². The Hall–Kier alpha value is -2.03.